The highest BCUT2D eigenvalue weighted by Gasteiger charge is 2.04. The first kappa shape index (κ1) is 13.8. The summed E-state index contributed by atoms with van der Waals surface area (Å²) in [6.45, 7) is 6.36. The fourth-order valence-corrected chi connectivity index (χ4v) is 2.21. The van der Waals surface area contributed by atoms with E-state index in [4.69, 9.17) is 0 Å². The second-order valence-corrected chi connectivity index (χ2v) is 4.99. The number of aromatic nitrogens is 1. The number of rotatable bonds is 6. The Balaban J connectivity index is 2.15. The minimum Gasteiger partial charge on any atom is -0.313 e. The molecule has 0 atom stereocenters. The zero-order valence-corrected chi connectivity index (χ0v) is 11.8. The number of nitrogens with zero attached hydrogens (tertiary/aromatic N) is 1. The predicted octanol–water partition coefficient (Wildman–Crippen LogP) is 3.48. The van der Waals surface area contributed by atoms with Gasteiger partial charge in [-0.25, -0.2) is 0 Å². The molecular formula is C17H22N2. The average molecular weight is 254 g/mol. The zero-order chi connectivity index (χ0) is 13.5. The molecule has 0 saturated heterocycles. The van der Waals surface area contributed by atoms with Crippen molar-refractivity contribution in [1.82, 2.24) is 10.3 Å². The number of hydrogen-bond acceptors (Lipinski definition) is 2. The summed E-state index contributed by atoms with van der Waals surface area (Å²) in [7, 11) is 0. The molecular weight excluding hydrogens is 232 g/mol. The Morgan fingerprint density at radius 2 is 2.05 bits per heavy atom. The highest BCUT2D eigenvalue weighted by atomic mass is 14.8. The molecule has 1 heterocycles. The van der Waals surface area contributed by atoms with Gasteiger partial charge in [0.15, 0.2) is 0 Å². The number of pyridine rings is 1. The number of nitrogens with one attached hydrogen (secondary N) is 1. The van der Waals surface area contributed by atoms with Crippen molar-refractivity contribution < 1.29 is 0 Å². The summed E-state index contributed by atoms with van der Waals surface area (Å²) in [6.07, 6.45) is 5.90. The average Bonchev–Trinajstić information content (AvgIpc) is 2.43. The van der Waals surface area contributed by atoms with E-state index in [1.54, 1.807) is 0 Å². The fourth-order valence-electron chi connectivity index (χ4n) is 2.21. The smallest absolute Gasteiger partial charge is 0.0303 e. The van der Waals surface area contributed by atoms with Crippen LogP contribution in [0, 0.1) is 6.92 Å². The minimum absolute atomic E-state index is 0.948. The zero-order valence-electron chi connectivity index (χ0n) is 11.8. The Labute approximate surface area is 115 Å². The standard InChI is InChI=1S/C17H22N2/c1-3-8-18-13-16-7-6-14(2)10-17(16)11-15-5-4-9-19-12-15/h4-7,9-10,12,18H,3,8,11,13H2,1-2H3. The van der Waals surface area contributed by atoms with Crippen molar-refractivity contribution >= 4 is 0 Å². The first-order valence-electron chi connectivity index (χ1n) is 6.97. The lowest BCUT2D eigenvalue weighted by molar-refractivity contribution is 0.672. The van der Waals surface area contributed by atoms with E-state index in [1.807, 2.05) is 18.5 Å². The molecule has 0 radical (unpaired) electrons. The van der Waals surface area contributed by atoms with E-state index < -0.39 is 0 Å². The Morgan fingerprint density at radius 1 is 1.16 bits per heavy atom. The molecule has 0 unspecified atom stereocenters. The molecule has 0 saturated carbocycles. The SMILES string of the molecule is CCCNCc1ccc(C)cc1Cc1cccnc1. The maximum atomic E-state index is 4.19. The Kier molecular flexibility index (Phi) is 5.10. The molecule has 0 fully saturated rings. The van der Waals surface area contributed by atoms with E-state index in [0.717, 1.165) is 19.5 Å². The maximum Gasteiger partial charge on any atom is 0.0303 e. The van der Waals surface area contributed by atoms with Crippen molar-refractivity contribution in [3.8, 4) is 0 Å². The molecule has 1 aromatic carbocycles. The van der Waals surface area contributed by atoms with Crippen LogP contribution in [-0.2, 0) is 13.0 Å². The summed E-state index contributed by atoms with van der Waals surface area (Å²) >= 11 is 0. The number of benzene rings is 1. The van der Waals surface area contributed by atoms with Crippen LogP contribution in [0.15, 0.2) is 42.7 Å². The quantitative estimate of drug-likeness (QED) is 0.798. The molecule has 19 heavy (non-hydrogen) atoms. The molecule has 1 aromatic heterocycles. The van der Waals surface area contributed by atoms with Crippen LogP contribution in [0.5, 0.6) is 0 Å². The second-order valence-electron chi connectivity index (χ2n) is 4.99. The third kappa shape index (κ3) is 4.18. The van der Waals surface area contributed by atoms with Crippen LogP contribution in [0.1, 0.15) is 35.6 Å². The highest BCUT2D eigenvalue weighted by molar-refractivity contribution is 5.35. The second kappa shape index (κ2) is 7.05. The molecule has 0 amide bonds. The molecule has 2 nitrogen and oxygen atoms in total. The number of aryl methyl sites for hydroxylation is 1. The van der Waals surface area contributed by atoms with Crippen molar-refractivity contribution in [1.29, 1.82) is 0 Å². The van der Waals surface area contributed by atoms with Crippen LogP contribution in [-0.4, -0.2) is 11.5 Å². The molecule has 2 aromatic rings. The molecule has 100 valence electrons. The van der Waals surface area contributed by atoms with Crippen LogP contribution >= 0.6 is 0 Å². The van der Waals surface area contributed by atoms with Gasteiger partial charge < -0.3 is 5.32 Å². The maximum absolute atomic E-state index is 4.19. The van der Waals surface area contributed by atoms with Gasteiger partial charge in [0.2, 0.25) is 0 Å². The molecule has 1 N–H and O–H groups in total. The van der Waals surface area contributed by atoms with Crippen molar-refractivity contribution in [3.63, 3.8) is 0 Å². The first-order valence-corrected chi connectivity index (χ1v) is 6.97. The van der Waals surface area contributed by atoms with Gasteiger partial charge in [-0.1, -0.05) is 36.8 Å². The van der Waals surface area contributed by atoms with Gasteiger partial charge in [0.25, 0.3) is 0 Å². The van der Waals surface area contributed by atoms with Crippen LogP contribution in [0.4, 0.5) is 0 Å². The van der Waals surface area contributed by atoms with Gasteiger partial charge >= 0.3 is 0 Å². The lowest BCUT2D eigenvalue weighted by Gasteiger charge is -2.11. The van der Waals surface area contributed by atoms with E-state index in [-0.39, 0.29) is 0 Å². The molecule has 0 spiro atoms. The molecule has 0 aliphatic carbocycles. The van der Waals surface area contributed by atoms with Gasteiger partial charge in [-0.05, 0) is 49.1 Å². The normalized spacial score (nSPS) is 10.6. The lowest BCUT2D eigenvalue weighted by atomic mass is 9.98. The third-order valence-corrected chi connectivity index (χ3v) is 3.22. The van der Waals surface area contributed by atoms with E-state index in [2.05, 4.69) is 48.4 Å². The molecule has 0 aliphatic heterocycles. The van der Waals surface area contributed by atoms with E-state index in [0.29, 0.717) is 0 Å². The van der Waals surface area contributed by atoms with Crippen LogP contribution in [0.2, 0.25) is 0 Å². The number of hydrogen-bond donors (Lipinski definition) is 1. The van der Waals surface area contributed by atoms with E-state index in [1.165, 1.54) is 28.7 Å². The van der Waals surface area contributed by atoms with E-state index >= 15 is 0 Å². The Hall–Kier alpha value is -1.67. The summed E-state index contributed by atoms with van der Waals surface area (Å²) in [5.74, 6) is 0. The fraction of sp³-hybridized carbons (Fsp3) is 0.353. The van der Waals surface area contributed by atoms with Crippen molar-refractivity contribution in [2.24, 2.45) is 0 Å². The first-order chi connectivity index (χ1) is 9.29. The molecule has 0 bridgehead atoms. The summed E-state index contributed by atoms with van der Waals surface area (Å²) in [6, 6.07) is 10.9. The van der Waals surface area contributed by atoms with Crippen molar-refractivity contribution in [2.45, 2.75) is 33.2 Å². The Morgan fingerprint density at radius 3 is 2.79 bits per heavy atom. The Bertz CT molecular complexity index is 506. The minimum atomic E-state index is 0.948. The summed E-state index contributed by atoms with van der Waals surface area (Å²) < 4.78 is 0. The monoisotopic (exact) mass is 254 g/mol. The van der Waals surface area contributed by atoms with Crippen molar-refractivity contribution in [2.75, 3.05) is 6.54 Å². The molecule has 2 rings (SSSR count). The summed E-state index contributed by atoms with van der Waals surface area (Å²) in [4.78, 5) is 4.19. The van der Waals surface area contributed by atoms with Gasteiger partial charge in [0.1, 0.15) is 0 Å². The third-order valence-electron chi connectivity index (χ3n) is 3.22. The molecule has 2 heteroatoms. The van der Waals surface area contributed by atoms with Crippen LogP contribution in [0.3, 0.4) is 0 Å². The van der Waals surface area contributed by atoms with Crippen LogP contribution < -0.4 is 5.32 Å². The van der Waals surface area contributed by atoms with Gasteiger partial charge in [-0.15, -0.1) is 0 Å². The highest BCUT2D eigenvalue weighted by Crippen LogP contribution is 2.16. The largest absolute Gasteiger partial charge is 0.313 e. The summed E-state index contributed by atoms with van der Waals surface area (Å²) in [5, 5.41) is 3.48. The van der Waals surface area contributed by atoms with E-state index in [9.17, 15) is 0 Å². The predicted molar refractivity (Wildman–Crippen MR) is 80.2 cm³/mol. The van der Waals surface area contributed by atoms with Gasteiger partial charge in [0.05, 0.1) is 0 Å². The summed E-state index contributed by atoms with van der Waals surface area (Å²) in [5.41, 5.74) is 5.38. The van der Waals surface area contributed by atoms with Crippen molar-refractivity contribution in [3.05, 3.63) is 65.0 Å². The van der Waals surface area contributed by atoms with Crippen LogP contribution in [0.25, 0.3) is 0 Å². The molecule has 0 aliphatic rings. The van der Waals surface area contributed by atoms with Gasteiger partial charge in [0, 0.05) is 18.9 Å². The lowest BCUT2D eigenvalue weighted by Crippen LogP contribution is -2.15. The topological polar surface area (TPSA) is 24.9 Å². The van der Waals surface area contributed by atoms with Gasteiger partial charge in [-0.3, -0.25) is 4.98 Å². The van der Waals surface area contributed by atoms with Gasteiger partial charge in [-0.2, -0.15) is 0 Å².